The molecule has 0 unspecified atom stereocenters. The standard InChI is InChI=1S/C14H14N2O3S2/c1-9(2)13-15-10(8-20-13)7-16-14(17)11-5-3-4-6-12(11)21(16,18)19/h3-6,8-9H,7H2,1-2H3. The van der Waals surface area contributed by atoms with Crippen LogP contribution in [0.3, 0.4) is 0 Å². The van der Waals surface area contributed by atoms with E-state index in [1.54, 1.807) is 17.5 Å². The summed E-state index contributed by atoms with van der Waals surface area (Å²) in [4.78, 5) is 16.8. The lowest BCUT2D eigenvalue weighted by molar-refractivity contribution is 0.0864. The maximum absolute atomic E-state index is 12.4. The van der Waals surface area contributed by atoms with Gasteiger partial charge in [0.15, 0.2) is 0 Å². The van der Waals surface area contributed by atoms with E-state index in [1.807, 2.05) is 13.8 Å². The van der Waals surface area contributed by atoms with Crippen LogP contribution in [0.2, 0.25) is 0 Å². The molecular formula is C14H14N2O3S2. The molecule has 1 amide bonds. The van der Waals surface area contributed by atoms with Crippen LogP contribution in [0.15, 0.2) is 34.5 Å². The number of benzene rings is 1. The predicted octanol–water partition coefficient (Wildman–Crippen LogP) is 2.61. The average Bonchev–Trinajstić information content (AvgIpc) is 2.98. The SMILES string of the molecule is CC(C)c1nc(CN2C(=O)c3ccccc3S2(=O)=O)cs1. The fourth-order valence-electron chi connectivity index (χ4n) is 2.19. The molecule has 0 radical (unpaired) electrons. The summed E-state index contributed by atoms with van der Waals surface area (Å²) in [7, 11) is -3.76. The molecule has 1 aromatic carbocycles. The summed E-state index contributed by atoms with van der Waals surface area (Å²) in [6, 6.07) is 6.28. The summed E-state index contributed by atoms with van der Waals surface area (Å²) in [6.45, 7) is 4.03. The van der Waals surface area contributed by atoms with E-state index in [4.69, 9.17) is 0 Å². The lowest BCUT2D eigenvalue weighted by Crippen LogP contribution is -2.29. The molecule has 1 aromatic heterocycles. The molecule has 2 aromatic rings. The first-order valence-electron chi connectivity index (χ1n) is 6.51. The number of carbonyl (C=O) groups is 1. The second-order valence-corrected chi connectivity index (χ2v) is 7.87. The van der Waals surface area contributed by atoms with E-state index < -0.39 is 15.9 Å². The summed E-state index contributed by atoms with van der Waals surface area (Å²) in [6.07, 6.45) is 0. The Morgan fingerprint density at radius 3 is 2.62 bits per heavy atom. The summed E-state index contributed by atoms with van der Waals surface area (Å²) in [5.74, 6) is -0.198. The fourth-order valence-corrected chi connectivity index (χ4v) is 4.56. The van der Waals surface area contributed by atoms with Crippen molar-refractivity contribution in [1.29, 1.82) is 0 Å². The van der Waals surface area contributed by atoms with Gasteiger partial charge in [0.05, 0.1) is 22.8 Å². The molecule has 0 N–H and O–H groups in total. The Bertz CT molecular complexity index is 809. The van der Waals surface area contributed by atoms with Crippen molar-refractivity contribution < 1.29 is 13.2 Å². The van der Waals surface area contributed by atoms with Crippen molar-refractivity contribution in [3.8, 4) is 0 Å². The Morgan fingerprint density at radius 1 is 1.29 bits per heavy atom. The van der Waals surface area contributed by atoms with Crippen molar-refractivity contribution in [2.75, 3.05) is 0 Å². The average molecular weight is 322 g/mol. The Balaban J connectivity index is 1.95. The van der Waals surface area contributed by atoms with Crippen LogP contribution in [0.5, 0.6) is 0 Å². The Labute approximate surface area is 127 Å². The third-order valence-electron chi connectivity index (χ3n) is 3.28. The highest BCUT2D eigenvalue weighted by atomic mass is 32.2. The highest BCUT2D eigenvalue weighted by Gasteiger charge is 2.41. The van der Waals surface area contributed by atoms with Crippen LogP contribution >= 0.6 is 11.3 Å². The summed E-state index contributed by atoms with van der Waals surface area (Å²) in [5.41, 5.74) is 0.838. The van der Waals surface area contributed by atoms with Gasteiger partial charge in [-0.15, -0.1) is 11.3 Å². The van der Waals surface area contributed by atoms with Crippen LogP contribution in [0, 0.1) is 0 Å². The number of nitrogens with zero attached hydrogens (tertiary/aromatic N) is 2. The molecular weight excluding hydrogens is 308 g/mol. The van der Waals surface area contributed by atoms with E-state index in [0.29, 0.717) is 5.69 Å². The quantitative estimate of drug-likeness (QED) is 0.871. The number of aromatic nitrogens is 1. The second-order valence-electron chi connectivity index (χ2n) is 5.14. The van der Waals surface area contributed by atoms with Gasteiger partial charge in [-0.1, -0.05) is 26.0 Å². The van der Waals surface area contributed by atoms with E-state index in [0.717, 1.165) is 9.31 Å². The van der Waals surface area contributed by atoms with Crippen LogP contribution in [0.1, 0.15) is 40.8 Å². The molecule has 1 aliphatic rings. The number of carbonyl (C=O) groups excluding carboxylic acids is 1. The van der Waals surface area contributed by atoms with Crippen LogP contribution < -0.4 is 0 Å². The lowest BCUT2D eigenvalue weighted by Gasteiger charge is -2.13. The number of thiazole rings is 1. The Kier molecular flexibility index (Phi) is 3.33. The summed E-state index contributed by atoms with van der Waals surface area (Å²) in [5, 5.41) is 2.74. The third-order valence-corrected chi connectivity index (χ3v) is 6.26. The highest BCUT2D eigenvalue weighted by molar-refractivity contribution is 7.90. The van der Waals surface area contributed by atoms with Gasteiger partial charge in [0.25, 0.3) is 15.9 Å². The van der Waals surface area contributed by atoms with E-state index in [-0.39, 0.29) is 22.9 Å². The first-order valence-corrected chi connectivity index (χ1v) is 8.83. The maximum Gasteiger partial charge on any atom is 0.269 e. The van der Waals surface area contributed by atoms with Gasteiger partial charge >= 0.3 is 0 Å². The smallest absolute Gasteiger partial charge is 0.268 e. The summed E-state index contributed by atoms with van der Waals surface area (Å²) >= 11 is 1.48. The monoisotopic (exact) mass is 322 g/mol. The third kappa shape index (κ3) is 2.26. The van der Waals surface area contributed by atoms with E-state index in [2.05, 4.69) is 4.98 Å². The Hall–Kier alpha value is -1.73. The van der Waals surface area contributed by atoms with Gasteiger partial charge in [0.1, 0.15) is 4.90 Å². The van der Waals surface area contributed by atoms with Gasteiger partial charge in [-0.2, -0.15) is 0 Å². The van der Waals surface area contributed by atoms with Crippen LogP contribution in [0.25, 0.3) is 0 Å². The van der Waals surface area contributed by atoms with Gasteiger partial charge in [-0.25, -0.2) is 17.7 Å². The van der Waals surface area contributed by atoms with Crippen LogP contribution in [0.4, 0.5) is 0 Å². The normalized spacial score (nSPS) is 16.5. The van der Waals surface area contributed by atoms with Gasteiger partial charge in [0, 0.05) is 11.3 Å². The van der Waals surface area contributed by atoms with Crippen molar-refractivity contribution in [3.05, 3.63) is 45.9 Å². The van der Waals surface area contributed by atoms with Gasteiger partial charge in [0.2, 0.25) is 0 Å². The summed E-state index contributed by atoms with van der Waals surface area (Å²) < 4.78 is 25.7. The molecule has 0 aliphatic carbocycles. The van der Waals surface area contributed by atoms with Crippen LogP contribution in [-0.4, -0.2) is 23.6 Å². The fraction of sp³-hybridized carbons (Fsp3) is 0.286. The molecule has 2 heterocycles. The van der Waals surface area contributed by atoms with Crippen molar-refractivity contribution in [1.82, 2.24) is 9.29 Å². The molecule has 3 rings (SSSR count). The zero-order chi connectivity index (χ0) is 15.2. The second kappa shape index (κ2) is 4.92. The molecule has 0 bridgehead atoms. The van der Waals surface area contributed by atoms with Crippen molar-refractivity contribution in [2.24, 2.45) is 0 Å². The first kappa shape index (κ1) is 14.2. The van der Waals surface area contributed by atoms with Gasteiger partial charge in [-0.3, -0.25) is 4.79 Å². The molecule has 0 spiro atoms. The molecule has 0 fully saturated rings. The maximum atomic E-state index is 12.4. The largest absolute Gasteiger partial charge is 0.269 e. The molecule has 21 heavy (non-hydrogen) atoms. The molecule has 5 nitrogen and oxygen atoms in total. The number of rotatable bonds is 3. The zero-order valence-electron chi connectivity index (χ0n) is 11.6. The molecule has 1 aliphatic heterocycles. The van der Waals surface area contributed by atoms with Gasteiger partial charge < -0.3 is 0 Å². The number of amides is 1. The topological polar surface area (TPSA) is 67.3 Å². The molecule has 0 saturated heterocycles. The minimum absolute atomic E-state index is 0.0148. The predicted molar refractivity (Wildman–Crippen MR) is 79.7 cm³/mol. The minimum Gasteiger partial charge on any atom is -0.268 e. The Morgan fingerprint density at radius 2 is 2.00 bits per heavy atom. The van der Waals surface area contributed by atoms with Crippen molar-refractivity contribution in [3.63, 3.8) is 0 Å². The van der Waals surface area contributed by atoms with E-state index in [9.17, 15) is 13.2 Å². The lowest BCUT2D eigenvalue weighted by atomic mass is 10.2. The molecule has 7 heteroatoms. The van der Waals surface area contributed by atoms with Crippen LogP contribution in [-0.2, 0) is 16.6 Å². The van der Waals surface area contributed by atoms with E-state index in [1.165, 1.54) is 23.5 Å². The molecule has 0 saturated carbocycles. The molecule has 0 atom stereocenters. The van der Waals surface area contributed by atoms with E-state index >= 15 is 0 Å². The number of hydrogen-bond acceptors (Lipinski definition) is 5. The first-order chi connectivity index (χ1) is 9.91. The van der Waals surface area contributed by atoms with Crippen molar-refractivity contribution in [2.45, 2.75) is 31.2 Å². The van der Waals surface area contributed by atoms with Crippen molar-refractivity contribution >= 4 is 27.3 Å². The minimum atomic E-state index is -3.76. The zero-order valence-corrected chi connectivity index (χ0v) is 13.2. The van der Waals surface area contributed by atoms with Gasteiger partial charge in [-0.05, 0) is 12.1 Å². The highest BCUT2D eigenvalue weighted by Crippen LogP contribution is 2.31. The number of sulfonamides is 1. The number of fused-ring (bicyclic) bond motifs is 1. The number of hydrogen-bond donors (Lipinski definition) is 0. The molecule has 110 valence electrons.